The maximum atomic E-state index is 9.26. The van der Waals surface area contributed by atoms with Crippen LogP contribution in [0.1, 0.15) is 46.9 Å². The Hall–Kier alpha value is -0.680. The lowest BCUT2D eigenvalue weighted by molar-refractivity contribution is 0.179. The van der Waals surface area contributed by atoms with Crippen LogP contribution in [-0.2, 0) is 5.41 Å². The van der Waals surface area contributed by atoms with Gasteiger partial charge in [0.15, 0.2) is 0 Å². The number of aromatic nitrogens is 2. The molecule has 1 aromatic heterocycles. The number of anilines is 1. The maximum absolute atomic E-state index is 9.26. The maximum Gasteiger partial charge on any atom is 0.202 e. The van der Waals surface area contributed by atoms with Crippen molar-refractivity contribution in [1.29, 1.82) is 0 Å². The minimum Gasteiger partial charge on any atom is -0.393 e. The van der Waals surface area contributed by atoms with Gasteiger partial charge in [-0.15, -0.1) is 0 Å². The average molecular weight is 243 g/mol. The minimum absolute atomic E-state index is 0.00998. The van der Waals surface area contributed by atoms with E-state index in [4.69, 9.17) is 0 Å². The van der Waals surface area contributed by atoms with E-state index in [0.29, 0.717) is 6.42 Å². The van der Waals surface area contributed by atoms with Gasteiger partial charge in [0.25, 0.3) is 0 Å². The molecule has 1 aromatic rings. The molecular formula is C11H21N3OS. The van der Waals surface area contributed by atoms with Crippen molar-refractivity contribution in [2.45, 2.75) is 58.6 Å². The highest BCUT2D eigenvalue weighted by Gasteiger charge is 2.20. The zero-order valence-corrected chi connectivity index (χ0v) is 11.4. The van der Waals surface area contributed by atoms with Crippen molar-refractivity contribution in [2.75, 3.05) is 5.32 Å². The summed E-state index contributed by atoms with van der Waals surface area (Å²) in [6.07, 6.45) is 0.419. The molecule has 92 valence electrons. The first-order chi connectivity index (χ1) is 7.29. The highest BCUT2D eigenvalue weighted by molar-refractivity contribution is 7.09. The fourth-order valence-electron chi connectivity index (χ4n) is 1.37. The lowest BCUT2D eigenvalue weighted by Crippen LogP contribution is -2.20. The van der Waals surface area contributed by atoms with Crippen molar-refractivity contribution in [3.05, 3.63) is 5.82 Å². The molecule has 1 heterocycles. The second kappa shape index (κ2) is 5.10. The summed E-state index contributed by atoms with van der Waals surface area (Å²) in [5, 5.41) is 13.3. The van der Waals surface area contributed by atoms with Crippen molar-refractivity contribution in [2.24, 2.45) is 0 Å². The van der Waals surface area contributed by atoms with E-state index in [0.717, 1.165) is 11.0 Å². The van der Waals surface area contributed by atoms with Gasteiger partial charge in [-0.25, -0.2) is 4.98 Å². The molecule has 0 aromatic carbocycles. The zero-order valence-electron chi connectivity index (χ0n) is 10.6. The smallest absolute Gasteiger partial charge is 0.202 e. The number of hydrogen-bond donors (Lipinski definition) is 2. The van der Waals surface area contributed by atoms with Crippen LogP contribution in [0.3, 0.4) is 0 Å². The monoisotopic (exact) mass is 243 g/mol. The van der Waals surface area contributed by atoms with Crippen LogP contribution in [0, 0.1) is 0 Å². The number of nitrogens with zero attached hydrogens (tertiary/aromatic N) is 2. The van der Waals surface area contributed by atoms with Gasteiger partial charge in [-0.2, -0.15) is 4.37 Å². The Balaban J connectivity index is 2.59. The quantitative estimate of drug-likeness (QED) is 0.852. The van der Waals surface area contributed by atoms with E-state index in [1.165, 1.54) is 11.5 Å². The molecule has 0 bridgehead atoms. The second-order valence-electron chi connectivity index (χ2n) is 5.30. The first-order valence-corrected chi connectivity index (χ1v) is 6.35. The molecule has 0 aliphatic rings. The Morgan fingerprint density at radius 1 is 1.38 bits per heavy atom. The zero-order chi connectivity index (χ0) is 12.3. The highest BCUT2D eigenvalue weighted by atomic mass is 32.1. The Morgan fingerprint density at radius 2 is 2.00 bits per heavy atom. The molecule has 2 unspecified atom stereocenters. The van der Waals surface area contributed by atoms with Crippen molar-refractivity contribution in [3.8, 4) is 0 Å². The third-order valence-electron chi connectivity index (χ3n) is 2.16. The normalized spacial score (nSPS) is 15.9. The molecule has 2 N–H and O–H groups in total. The van der Waals surface area contributed by atoms with Crippen molar-refractivity contribution in [3.63, 3.8) is 0 Å². The number of aliphatic hydroxyl groups is 1. The molecule has 2 atom stereocenters. The Kier molecular flexibility index (Phi) is 4.27. The van der Waals surface area contributed by atoms with Crippen molar-refractivity contribution < 1.29 is 5.11 Å². The summed E-state index contributed by atoms with van der Waals surface area (Å²) >= 11 is 1.38. The molecule has 5 heteroatoms. The predicted molar refractivity (Wildman–Crippen MR) is 68.0 cm³/mol. The molecule has 0 spiro atoms. The summed E-state index contributed by atoms with van der Waals surface area (Å²) in [7, 11) is 0. The third kappa shape index (κ3) is 4.06. The second-order valence-corrected chi connectivity index (χ2v) is 6.06. The average Bonchev–Trinajstić information content (AvgIpc) is 2.49. The minimum atomic E-state index is -0.294. The lowest BCUT2D eigenvalue weighted by Gasteiger charge is -2.14. The third-order valence-corrected chi connectivity index (χ3v) is 2.81. The van der Waals surface area contributed by atoms with E-state index >= 15 is 0 Å². The summed E-state index contributed by atoms with van der Waals surface area (Å²) in [5.41, 5.74) is -0.00998. The van der Waals surface area contributed by atoms with Gasteiger partial charge in [-0.1, -0.05) is 20.8 Å². The van der Waals surface area contributed by atoms with Gasteiger partial charge in [-0.05, 0) is 20.3 Å². The van der Waals surface area contributed by atoms with Gasteiger partial charge >= 0.3 is 0 Å². The van der Waals surface area contributed by atoms with Gasteiger partial charge in [0.2, 0.25) is 5.13 Å². The van der Waals surface area contributed by atoms with E-state index < -0.39 is 0 Å². The number of rotatable bonds is 4. The molecule has 0 fully saturated rings. The Bertz CT molecular complexity index is 330. The lowest BCUT2D eigenvalue weighted by atomic mass is 9.96. The molecule has 0 amide bonds. The van der Waals surface area contributed by atoms with Crippen LogP contribution >= 0.6 is 11.5 Å². The van der Waals surface area contributed by atoms with Crippen LogP contribution in [0.5, 0.6) is 0 Å². The molecule has 0 aliphatic carbocycles. The first-order valence-electron chi connectivity index (χ1n) is 5.58. The predicted octanol–water partition coefficient (Wildman–Crippen LogP) is 2.41. The molecule has 0 aliphatic heterocycles. The molecule has 4 nitrogen and oxygen atoms in total. The fraction of sp³-hybridized carbons (Fsp3) is 0.818. The first kappa shape index (κ1) is 13.4. The van der Waals surface area contributed by atoms with Crippen molar-refractivity contribution in [1.82, 2.24) is 9.36 Å². The molecule has 0 saturated heterocycles. The molecule has 16 heavy (non-hydrogen) atoms. The van der Waals surface area contributed by atoms with E-state index in [-0.39, 0.29) is 17.6 Å². The number of hydrogen-bond acceptors (Lipinski definition) is 5. The molecular weight excluding hydrogens is 222 g/mol. The summed E-state index contributed by atoms with van der Waals surface area (Å²) in [6.45, 7) is 10.1. The van der Waals surface area contributed by atoms with E-state index in [9.17, 15) is 5.11 Å². The fourth-order valence-corrected chi connectivity index (χ4v) is 2.24. The van der Waals surface area contributed by atoms with Crippen LogP contribution < -0.4 is 5.32 Å². The summed E-state index contributed by atoms with van der Waals surface area (Å²) < 4.78 is 4.33. The number of nitrogens with one attached hydrogen (secondary N) is 1. The Labute approximate surface area is 101 Å². The summed E-state index contributed by atoms with van der Waals surface area (Å²) in [5.74, 6) is 0.865. The van der Waals surface area contributed by atoms with Gasteiger partial charge in [0.05, 0.1) is 6.10 Å². The van der Waals surface area contributed by atoms with Gasteiger partial charge < -0.3 is 10.4 Å². The molecule has 1 rings (SSSR count). The van der Waals surface area contributed by atoms with Crippen molar-refractivity contribution >= 4 is 16.7 Å². The summed E-state index contributed by atoms with van der Waals surface area (Å²) in [6, 6.07) is 0.209. The van der Waals surface area contributed by atoms with Crippen LogP contribution in [0.4, 0.5) is 5.13 Å². The van der Waals surface area contributed by atoms with Crippen LogP contribution in [0.15, 0.2) is 0 Å². The van der Waals surface area contributed by atoms with Gasteiger partial charge in [0.1, 0.15) is 5.82 Å². The van der Waals surface area contributed by atoms with Crippen LogP contribution in [0.2, 0.25) is 0 Å². The number of aliphatic hydroxyl groups excluding tert-OH is 1. The standard InChI is InChI=1S/C11H21N3OS/c1-7(6-8(2)15)12-10-13-9(14-16-10)11(3,4)5/h7-8,15H,6H2,1-5H3,(H,12,13,14). The van der Waals surface area contributed by atoms with Crippen LogP contribution in [-0.4, -0.2) is 26.6 Å². The Morgan fingerprint density at radius 3 is 2.44 bits per heavy atom. The van der Waals surface area contributed by atoms with Crippen LogP contribution in [0.25, 0.3) is 0 Å². The topological polar surface area (TPSA) is 58.0 Å². The SMILES string of the molecule is CC(O)CC(C)Nc1nc(C(C)(C)C)ns1. The molecule has 0 radical (unpaired) electrons. The molecule has 0 saturated carbocycles. The largest absolute Gasteiger partial charge is 0.393 e. The summed E-state index contributed by atoms with van der Waals surface area (Å²) in [4.78, 5) is 4.44. The highest BCUT2D eigenvalue weighted by Crippen LogP contribution is 2.23. The van der Waals surface area contributed by atoms with E-state index in [1.54, 1.807) is 6.92 Å². The van der Waals surface area contributed by atoms with E-state index in [2.05, 4.69) is 35.4 Å². The van der Waals surface area contributed by atoms with E-state index in [1.807, 2.05) is 6.92 Å². The van der Waals surface area contributed by atoms with Gasteiger partial charge in [0, 0.05) is 23.0 Å². The van der Waals surface area contributed by atoms with Gasteiger partial charge in [-0.3, -0.25) is 0 Å².